The smallest absolute Gasteiger partial charge is 0.191 e. The Hall–Kier alpha value is -2.41. The highest BCUT2D eigenvalue weighted by atomic mass is 16.5. The zero-order chi connectivity index (χ0) is 20.2. The maximum Gasteiger partial charge on any atom is 0.191 e. The lowest BCUT2D eigenvalue weighted by Gasteiger charge is -2.15. The van der Waals surface area contributed by atoms with Crippen LogP contribution in [0.4, 0.5) is 0 Å². The zero-order valence-corrected chi connectivity index (χ0v) is 17.6. The first kappa shape index (κ1) is 21.9. The molecule has 0 aliphatic carbocycles. The van der Waals surface area contributed by atoms with Crippen LogP contribution in [0.1, 0.15) is 56.4 Å². The van der Waals surface area contributed by atoms with Gasteiger partial charge >= 0.3 is 0 Å². The molecule has 0 fully saturated rings. The molecular formula is C21H34N6O. The van der Waals surface area contributed by atoms with Crippen LogP contribution in [0.15, 0.2) is 35.3 Å². The van der Waals surface area contributed by atoms with E-state index in [9.17, 15) is 0 Å². The molecule has 0 saturated heterocycles. The first-order valence-corrected chi connectivity index (χ1v) is 10.2. The number of nitrogens with zero attached hydrogens (tertiary/aromatic N) is 4. The van der Waals surface area contributed by atoms with Gasteiger partial charge in [0, 0.05) is 26.7 Å². The molecule has 7 nitrogen and oxygen atoms in total. The minimum absolute atomic E-state index is 0.108. The molecule has 0 radical (unpaired) electrons. The van der Waals surface area contributed by atoms with Crippen LogP contribution >= 0.6 is 0 Å². The third-order valence-corrected chi connectivity index (χ3v) is 4.63. The van der Waals surface area contributed by atoms with Gasteiger partial charge in [-0.1, -0.05) is 43.7 Å². The van der Waals surface area contributed by atoms with Crippen LogP contribution in [-0.2, 0) is 18.3 Å². The molecule has 7 heteroatoms. The van der Waals surface area contributed by atoms with E-state index < -0.39 is 0 Å². The molecule has 1 heterocycles. The Bertz CT molecular complexity index is 713. The molecule has 0 saturated carbocycles. The molecule has 1 atom stereocenters. The highest BCUT2D eigenvalue weighted by Crippen LogP contribution is 2.15. The van der Waals surface area contributed by atoms with Crippen LogP contribution in [0.5, 0.6) is 0 Å². The molecule has 0 amide bonds. The van der Waals surface area contributed by atoms with Crippen LogP contribution in [0.3, 0.4) is 0 Å². The quantitative estimate of drug-likeness (QED) is 0.352. The Morgan fingerprint density at radius 3 is 2.50 bits per heavy atom. The van der Waals surface area contributed by atoms with Crippen molar-refractivity contribution in [1.29, 1.82) is 0 Å². The molecule has 0 aliphatic rings. The lowest BCUT2D eigenvalue weighted by atomic mass is 10.1. The number of hydrogen-bond acceptors (Lipinski definition) is 4. The second kappa shape index (κ2) is 12.1. The number of hydrogen-bond donors (Lipinski definition) is 2. The molecular weight excluding hydrogens is 352 g/mol. The highest BCUT2D eigenvalue weighted by molar-refractivity contribution is 5.79. The van der Waals surface area contributed by atoms with Gasteiger partial charge in [0.1, 0.15) is 12.4 Å². The standard InChI is InChI=1S/C21H34N6O/c1-5-6-13-22-21(24-16-20-26-25-18(3)27(20)4)23-14-10-15-28-17(2)19-11-8-7-9-12-19/h7-9,11-12,17H,5-6,10,13-16H2,1-4H3,(H2,22,23,24). The largest absolute Gasteiger partial charge is 0.374 e. The van der Waals surface area contributed by atoms with Gasteiger partial charge in [-0.3, -0.25) is 0 Å². The summed E-state index contributed by atoms with van der Waals surface area (Å²) in [4.78, 5) is 4.65. The van der Waals surface area contributed by atoms with E-state index in [-0.39, 0.29) is 6.10 Å². The number of rotatable bonds is 11. The summed E-state index contributed by atoms with van der Waals surface area (Å²) in [5.41, 5.74) is 1.21. The van der Waals surface area contributed by atoms with E-state index in [0.717, 1.165) is 50.0 Å². The van der Waals surface area contributed by atoms with Gasteiger partial charge in [0.15, 0.2) is 11.8 Å². The number of guanidine groups is 1. The molecule has 0 bridgehead atoms. The van der Waals surface area contributed by atoms with Gasteiger partial charge in [0.2, 0.25) is 0 Å². The summed E-state index contributed by atoms with van der Waals surface area (Å²) in [6.45, 7) is 9.12. The van der Waals surface area contributed by atoms with Gasteiger partial charge in [0.25, 0.3) is 0 Å². The van der Waals surface area contributed by atoms with E-state index in [1.54, 1.807) is 0 Å². The molecule has 2 N–H and O–H groups in total. The fraction of sp³-hybridized carbons (Fsp3) is 0.571. The van der Waals surface area contributed by atoms with E-state index in [1.807, 2.05) is 36.7 Å². The van der Waals surface area contributed by atoms with Gasteiger partial charge in [-0.2, -0.15) is 0 Å². The molecule has 1 aromatic heterocycles. The maximum atomic E-state index is 5.93. The average Bonchev–Trinajstić information content (AvgIpc) is 3.04. The van der Waals surface area contributed by atoms with Gasteiger partial charge < -0.3 is 19.9 Å². The summed E-state index contributed by atoms with van der Waals surface area (Å²) in [5, 5.41) is 15.0. The van der Waals surface area contributed by atoms with E-state index in [4.69, 9.17) is 4.74 Å². The Kier molecular flexibility index (Phi) is 9.48. The Labute approximate surface area is 168 Å². The van der Waals surface area contributed by atoms with Crippen molar-refractivity contribution in [2.75, 3.05) is 19.7 Å². The minimum Gasteiger partial charge on any atom is -0.374 e. The van der Waals surface area contributed by atoms with Gasteiger partial charge in [0.05, 0.1) is 6.10 Å². The number of ether oxygens (including phenoxy) is 1. The number of unbranched alkanes of at least 4 members (excludes halogenated alkanes) is 1. The Morgan fingerprint density at radius 2 is 1.86 bits per heavy atom. The molecule has 154 valence electrons. The number of aromatic nitrogens is 3. The van der Waals surface area contributed by atoms with Crippen molar-refractivity contribution < 1.29 is 4.74 Å². The SMILES string of the molecule is CCCCNC(=NCc1nnc(C)n1C)NCCCOC(C)c1ccccc1. The summed E-state index contributed by atoms with van der Waals surface area (Å²) in [6.07, 6.45) is 3.28. The number of nitrogens with one attached hydrogen (secondary N) is 2. The fourth-order valence-electron chi connectivity index (χ4n) is 2.66. The van der Waals surface area contributed by atoms with Crippen molar-refractivity contribution in [3.63, 3.8) is 0 Å². The van der Waals surface area contributed by atoms with Crippen LogP contribution < -0.4 is 10.6 Å². The zero-order valence-electron chi connectivity index (χ0n) is 17.6. The number of aryl methyl sites for hydroxylation is 1. The third-order valence-electron chi connectivity index (χ3n) is 4.63. The maximum absolute atomic E-state index is 5.93. The second-order valence-corrected chi connectivity index (χ2v) is 6.87. The molecule has 0 spiro atoms. The summed E-state index contributed by atoms with van der Waals surface area (Å²) in [5.74, 6) is 2.56. The first-order valence-electron chi connectivity index (χ1n) is 10.2. The Balaban J connectivity index is 1.76. The fourth-order valence-corrected chi connectivity index (χ4v) is 2.66. The van der Waals surface area contributed by atoms with Gasteiger partial charge in [-0.15, -0.1) is 10.2 Å². The van der Waals surface area contributed by atoms with Crippen LogP contribution in [0, 0.1) is 6.92 Å². The van der Waals surface area contributed by atoms with Crippen molar-refractivity contribution in [1.82, 2.24) is 25.4 Å². The second-order valence-electron chi connectivity index (χ2n) is 6.87. The van der Waals surface area contributed by atoms with Crippen molar-refractivity contribution in [3.8, 4) is 0 Å². The lowest BCUT2D eigenvalue weighted by molar-refractivity contribution is 0.0646. The van der Waals surface area contributed by atoms with E-state index in [2.05, 4.69) is 51.8 Å². The molecule has 1 aromatic carbocycles. The summed E-state index contributed by atoms with van der Waals surface area (Å²) < 4.78 is 7.90. The highest BCUT2D eigenvalue weighted by Gasteiger charge is 2.06. The van der Waals surface area contributed by atoms with E-state index in [1.165, 1.54) is 5.56 Å². The van der Waals surface area contributed by atoms with Crippen molar-refractivity contribution in [2.24, 2.45) is 12.0 Å². The lowest BCUT2D eigenvalue weighted by Crippen LogP contribution is -2.38. The molecule has 0 aliphatic heterocycles. The summed E-state index contributed by atoms with van der Waals surface area (Å²) in [7, 11) is 1.96. The van der Waals surface area contributed by atoms with Crippen molar-refractivity contribution in [3.05, 3.63) is 47.5 Å². The minimum atomic E-state index is 0.108. The number of benzene rings is 1. The van der Waals surface area contributed by atoms with Crippen molar-refractivity contribution >= 4 is 5.96 Å². The molecule has 2 rings (SSSR count). The average molecular weight is 387 g/mol. The van der Waals surface area contributed by atoms with Crippen LogP contribution in [0.2, 0.25) is 0 Å². The van der Waals surface area contributed by atoms with Gasteiger partial charge in [-0.25, -0.2) is 4.99 Å². The van der Waals surface area contributed by atoms with Gasteiger partial charge in [-0.05, 0) is 32.3 Å². The topological polar surface area (TPSA) is 76.4 Å². The third kappa shape index (κ3) is 7.31. The molecule has 28 heavy (non-hydrogen) atoms. The van der Waals surface area contributed by atoms with Crippen LogP contribution in [0.25, 0.3) is 0 Å². The normalized spacial score (nSPS) is 12.8. The monoisotopic (exact) mass is 386 g/mol. The Morgan fingerprint density at radius 1 is 1.14 bits per heavy atom. The van der Waals surface area contributed by atoms with E-state index in [0.29, 0.717) is 13.2 Å². The summed E-state index contributed by atoms with van der Waals surface area (Å²) >= 11 is 0. The molecule has 1 unspecified atom stereocenters. The molecule has 2 aromatic rings. The van der Waals surface area contributed by atoms with Crippen LogP contribution in [-0.4, -0.2) is 40.4 Å². The van der Waals surface area contributed by atoms with Crippen molar-refractivity contribution in [2.45, 2.75) is 52.7 Å². The first-order chi connectivity index (χ1) is 13.6. The predicted molar refractivity (Wildman–Crippen MR) is 113 cm³/mol. The summed E-state index contributed by atoms with van der Waals surface area (Å²) in [6, 6.07) is 10.3. The number of aliphatic imine (C=N–C) groups is 1. The van der Waals surface area contributed by atoms with E-state index >= 15 is 0 Å². The predicted octanol–water partition coefficient (Wildman–Crippen LogP) is 3.13.